The van der Waals surface area contributed by atoms with E-state index in [-0.39, 0.29) is 42.7 Å². The van der Waals surface area contributed by atoms with E-state index in [0.29, 0.717) is 37.6 Å². The van der Waals surface area contributed by atoms with Crippen LogP contribution in [0.15, 0.2) is 40.7 Å². The Bertz CT molecular complexity index is 937. The summed E-state index contributed by atoms with van der Waals surface area (Å²) in [5.74, 6) is 0.734. The molecule has 0 bridgehead atoms. The summed E-state index contributed by atoms with van der Waals surface area (Å²) in [6.45, 7) is 6.38. The number of nitrogens with zero attached hydrogens (tertiary/aromatic N) is 5. The summed E-state index contributed by atoms with van der Waals surface area (Å²) in [6.07, 6.45) is 3.29. The molecule has 1 atom stereocenters. The van der Waals surface area contributed by atoms with Crippen LogP contribution in [-0.4, -0.2) is 78.5 Å². The fraction of sp³-hybridized carbons (Fsp3) is 0.524. The lowest BCUT2D eigenvalue weighted by atomic mass is 9.93. The highest BCUT2D eigenvalue weighted by Crippen LogP contribution is 2.32. The fourth-order valence-electron chi connectivity index (χ4n) is 3.87. The van der Waals surface area contributed by atoms with Crippen molar-refractivity contribution in [3.8, 4) is 0 Å². The summed E-state index contributed by atoms with van der Waals surface area (Å²) >= 11 is 0. The normalized spacial score (nSPS) is 21.0. The Morgan fingerprint density at radius 2 is 2.06 bits per heavy atom. The number of fused-ring (bicyclic) bond motifs is 1. The fourth-order valence-corrected chi connectivity index (χ4v) is 3.87. The van der Waals surface area contributed by atoms with Gasteiger partial charge in [-0.3, -0.25) is 4.79 Å². The number of ether oxygens (including phenoxy) is 2. The van der Waals surface area contributed by atoms with Crippen LogP contribution in [0.5, 0.6) is 0 Å². The Morgan fingerprint density at radius 1 is 1.29 bits per heavy atom. The molecule has 3 heterocycles. The van der Waals surface area contributed by atoms with E-state index in [2.05, 4.69) is 25.4 Å². The highest BCUT2D eigenvalue weighted by atomic mass is 19.1. The van der Waals surface area contributed by atoms with Crippen molar-refractivity contribution in [3.05, 3.63) is 41.3 Å². The molecular formula is C21H27FN6O3. The smallest absolute Gasteiger partial charge is 0.248 e. The second kappa shape index (κ2) is 9.01. The predicted molar refractivity (Wildman–Crippen MR) is 113 cm³/mol. The lowest BCUT2D eigenvalue weighted by Crippen LogP contribution is -2.50. The molecule has 166 valence electrons. The molecule has 9 nitrogen and oxygen atoms in total. The molecular weight excluding hydrogens is 403 g/mol. The Morgan fingerprint density at radius 3 is 2.77 bits per heavy atom. The van der Waals surface area contributed by atoms with Gasteiger partial charge in [0.1, 0.15) is 30.3 Å². The molecule has 10 heteroatoms. The number of allylic oxidation sites excluding steroid dienone is 1. The minimum atomic E-state index is -0.282. The van der Waals surface area contributed by atoms with Crippen molar-refractivity contribution in [2.45, 2.75) is 32.4 Å². The van der Waals surface area contributed by atoms with Gasteiger partial charge in [-0.2, -0.15) is 5.10 Å². The van der Waals surface area contributed by atoms with Gasteiger partial charge in [0.15, 0.2) is 5.76 Å². The van der Waals surface area contributed by atoms with Crippen molar-refractivity contribution in [1.29, 1.82) is 0 Å². The van der Waals surface area contributed by atoms with Gasteiger partial charge in [-0.05, 0) is 19.9 Å². The number of amides is 1. The average molecular weight is 430 g/mol. The summed E-state index contributed by atoms with van der Waals surface area (Å²) in [6, 6.07) is 1.65. The maximum atomic E-state index is 14.4. The molecule has 0 radical (unpaired) electrons. The standard InChI is InChI=1S/C21H27FN6O3/c1-13(2)31-18-8-14-16(9-15(18)22)25-26-21(14)17-10-19(24-12-23-17)27-4-6-28(7-5-27)20(29)11-30-3/h8,10,12-13,16,25H,4-7,9,11H2,1-3H3. The molecule has 0 aromatic carbocycles. The van der Waals surface area contributed by atoms with Crippen molar-refractivity contribution >= 4 is 17.4 Å². The zero-order valence-corrected chi connectivity index (χ0v) is 18.0. The van der Waals surface area contributed by atoms with Gasteiger partial charge in [0.2, 0.25) is 5.91 Å². The third-order valence-corrected chi connectivity index (χ3v) is 5.40. The van der Waals surface area contributed by atoms with Crippen LogP contribution >= 0.6 is 0 Å². The Balaban J connectivity index is 1.50. The van der Waals surface area contributed by atoms with Crippen LogP contribution in [-0.2, 0) is 14.3 Å². The Labute approximate surface area is 180 Å². The molecule has 1 unspecified atom stereocenters. The number of anilines is 1. The second-order valence-corrected chi connectivity index (χ2v) is 7.94. The van der Waals surface area contributed by atoms with Crippen LogP contribution < -0.4 is 10.3 Å². The molecule has 4 rings (SSSR count). The van der Waals surface area contributed by atoms with Gasteiger partial charge in [0, 0.05) is 51.3 Å². The number of nitrogens with one attached hydrogen (secondary N) is 1. The minimum Gasteiger partial charge on any atom is -0.488 e. The van der Waals surface area contributed by atoms with E-state index in [1.807, 2.05) is 19.9 Å². The first kappa shape index (κ1) is 21.2. The SMILES string of the molecule is COCC(=O)N1CCN(c2cc(C3=NNC4CC(F)=C(OC(C)C)C=C34)ncn2)CC1. The van der Waals surface area contributed by atoms with Crippen molar-refractivity contribution < 1.29 is 18.7 Å². The number of hydrogen-bond donors (Lipinski definition) is 1. The van der Waals surface area contributed by atoms with Crippen molar-refractivity contribution in [1.82, 2.24) is 20.3 Å². The monoisotopic (exact) mass is 430 g/mol. The Hall–Kier alpha value is -3.01. The summed E-state index contributed by atoms with van der Waals surface area (Å²) in [7, 11) is 1.52. The van der Waals surface area contributed by atoms with E-state index in [9.17, 15) is 9.18 Å². The first-order chi connectivity index (χ1) is 15.0. The molecule has 1 aromatic heterocycles. The van der Waals surface area contributed by atoms with Gasteiger partial charge in [-0.25, -0.2) is 14.4 Å². The van der Waals surface area contributed by atoms with Crippen LogP contribution in [0.2, 0.25) is 0 Å². The molecule has 1 amide bonds. The highest BCUT2D eigenvalue weighted by Gasteiger charge is 2.33. The van der Waals surface area contributed by atoms with E-state index in [1.54, 1.807) is 11.0 Å². The third kappa shape index (κ3) is 4.53. The molecule has 0 saturated carbocycles. The maximum Gasteiger partial charge on any atom is 0.248 e. The van der Waals surface area contributed by atoms with Crippen molar-refractivity contribution in [2.24, 2.45) is 5.10 Å². The van der Waals surface area contributed by atoms with Gasteiger partial charge in [0.05, 0.1) is 17.8 Å². The number of hydrogen-bond acceptors (Lipinski definition) is 8. The first-order valence-electron chi connectivity index (χ1n) is 10.4. The van der Waals surface area contributed by atoms with E-state index >= 15 is 0 Å². The number of carbonyl (C=O) groups excluding carboxylic acids is 1. The van der Waals surface area contributed by atoms with E-state index in [1.165, 1.54) is 13.4 Å². The number of piperazine rings is 1. The topological polar surface area (TPSA) is 92.2 Å². The van der Waals surface area contributed by atoms with Crippen LogP contribution in [0, 0.1) is 0 Å². The van der Waals surface area contributed by atoms with Gasteiger partial charge in [0.25, 0.3) is 0 Å². The zero-order chi connectivity index (χ0) is 22.0. The number of methoxy groups -OCH3 is 1. The van der Waals surface area contributed by atoms with E-state index in [4.69, 9.17) is 9.47 Å². The minimum absolute atomic E-state index is 0.00750. The van der Waals surface area contributed by atoms with Crippen LogP contribution in [0.3, 0.4) is 0 Å². The number of hydrazone groups is 1. The summed E-state index contributed by atoms with van der Waals surface area (Å²) in [4.78, 5) is 24.7. The average Bonchev–Trinajstić information content (AvgIpc) is 3.16. The molecule has 2 aliphatic heterocycles. The van der Waals surface area contributed by atoms with Crippen LogP contribution in [0.4, 0.5) is 10.2 Å². The van der Waals surface area contributed by atoms with Crippen LogP contribution in [0.1, 0.15) is 26.0 Å². The second-order valence-electron chi connectivity index (χ2n) is 7.94. The van der Waals surface area contributed by atoms with Gasteiger partial charge < -0.3 is 24.7 Å². The lowest BCUT2D eigenvalue weighted by Gasteiger charge is -2.35. The maximum absolute atomic E-state index is 14.4. The largest absolute Gasteiger partial charge is 0.488 e. The van der Waals surface area contributed by atoms with E-state index < -0.39 is 0 Å². The molecule has 3 aliphatic rings. The molecule has 1 fully saturated rings. The van der Waals surface area contributed by atoms with Crippen molar-refractivity contribution in [2.75, 3.05) is 44.8 Å². The Kier molecular flexibility index (Phi) is 6.17. The van der Waals surface area contributed by atoms with Gasteiger partial charge >= 0.3 is 0 Å². The summed E-state index contributed by atoms with van der Waals surface area (Å²) in [5.41, 5.74) is 5.19. The van der Waals surface area contributed by atoms with E-state index in [0.717, 1.165) is 11.4 Å². The molecule has 1 aromatic rings. The predicted octanol–water partition coefficient (Wildman–Crippen LogP) is 1.38. The highest BCUT2D eigenvalue weighted by molar-refractivity contribution is 6.14. The zero-order valence-electron chi connectivity index (χ0n) is 18.0. The molecule has 1 aliphatic carbocycles. The van der Waals surface area contributed by atoms with Crippen LogP contribution in [0.25, 0.3) is 0 Å². The molecule has 0 spiro atoms. The number of carbonyl (C=O) groups is 1. The van der Waals surface area contributed by atoms with Gasteiger partial charge in [-0.1, -0.05) is 0 Å². The molecule has 1 saturated heterocycles. The third-order valence-electron chi connectivity index (χ3n) is 5.40. The van der Waals surface area contributed by atoms with Crippen molar-refractivity contribution in [3.63, 3.8) is 0 Å². The number of halogens is 1. The van der Waals surface area contributed by atoms with Gasteiger partial charge in [-0.15, -0.1) is 0 Å². The summed E-state index contributed by atoms with van der Waals surface area (Å²) < 4.78 is 24.9. The number of rotatable bonds is 6. The molecule has 1 N–H and O–H groups in total. The lowest BCUT2D eigenvalue weighted by molar-refractivity contribution is -0.135. The quantitative estimate of drug-likeness (QED) is 0.729. The first-order valence-corrected chi connectivity index (χ1v) is 10.4. The molecule has 31 heavy (non-hydrogen) atoms. The number of aromatic nitrogens is 2. The summed E-state index contributed by atoms with van der Waals surface area (Å²) in [5, 5.41) is 4.41.